The molecule has 2 N–H and O–H groups in total. The van der Waals surface area contributed by atoms with Gasteiger partial charge in [0.15, 0.2) is 0 Å². The molecule has 9 heteroatoms. The summed E-state index contributed by atoms with van der Waals surface area (Å²) in [5.41, 5.74) is 1.67. The van der Waals surface area contributed by atoms with Gasteiger partial charge >= 0.3 is 0 Å². The Balaban J connectivity index is 1.38. The Labute approximate surface area is 175 Å². The molecule has 7 nitrogen and oxygen atoms in total. The molecule has 2 aromatic heterocycles. The number of hydrogen-bond acceptors (Lipinski definition) is 5. The van der Waals surface area contributed by atoms with Gasteiger partial charge in [-0.25, -0.2) is 13.1 Å². The lowest BCUT2D eigenvalue weighted by molar-refractivity contribution is 0.0674. The van der Waals surface area contributed by atoms with Gasteiger partial charge in [-0.2, -0.15) is 5.10 Å². The molecule has 1 atom stereocenters. The van der Waals surface area contributed by atoms with Crippen LogP contribution in [0, 0.1) is 5.92 Å². The van der Waals surface area contributed by atoms with Crippen molar-refractivity contribution in [1.29, 1.82) is 0 Å². The van der Waals surface area contributed by atoms with Gasteiger partial charge in [-0.05, 0) is 43.0 Å². The summed E-state index contributed by atoms with van der Waals surface area (Å²) in [7, 11) is -3.47. The second-order valence-electron chi connectivity index (χ2n) is 8.08. The Morgan fingerprint density at radius 1 is 1.24 bits per heavy atom. The first-order valence-electron chi connectivity index (χ1n) is 10.4. The van der Waals surface area contributed by atoms with Crippen LogP contribution in [0.2, 0.25) is 0 Å². The molecule has 0 aromatic carbocycles. The fourth-order valence-electron chi connectivity index (χ4n) is 4.47. The van der Waals surface area contributed by atoms with Crippen LogP contribution >= 0.6 is 11.3 Å². The van der Waals surface area contributed by atoms with Crippen molar-refractivity contribution in [3.05, 3.63) is 35.0 Å². The summed E-state index contributed by atoms with van der Waals surface area (Å²) in [6.07, 6.45) is 9.34. The normalized spacial score (nSPS) is 21.4. The molecule has 0 bridgehead atoms. The van der Waals surface area contributed by atoms with E-state index >= 15 is 0 Å². The number of hydrogen-bond donors (Lipinski definition) is 2. The number of likely N-dealkylation sites (tertiary alicyclic amines) is 1. The highest BCUT2D eigenvalue weighted by molar-refractivity contribution is 7.91. The molecule has 1 aliphatic heterocycles. The van der Waals surface area contributed by atoms with Gasteiger partial charge in [0.05, 0.1) is 17.5 Å². The minimum Gasteiger partial charge on any atom is -0.338 e. The molecule has 29 heavy (non-hydrogen) atoms. The molecule has 1 aliphatic carbocycles. The van der Waals surface area contributed by atoms with Crippen LogP contribution < -0.4 is 4.72 Å². The lowest BCUT2D eigenvalue weighted by Gasteiger charge is -2.33. The number of carbonyl (C=O) groups excluding carboxylic acids is 1. The number of amides is 1. The third kappa shape index (κ3) is 4.73. The molecule has 2 fully saturated rings. The van der Waals surface area contributed by atoms with Crippen molar-refractivity contribution in [2.75, 3.05) is 19.6 Å². The molecule has 1 unspecified atom stereocenters. The quantitative estimate of drug-likeness (QED) is 0.726. The van der Waals surface area contributed by atoms with Crippen molar-refractivity contribution in [3.8, 4) is 0 Å². The monoisotopic (exact) mass is 436 g/mol. The topological polar surface area (TPSA) is 95.2 Å². The number of piperidine rings is 1. The number of aromatic amines is 1. The summed E-state index contributed by atoms with van der Waals surface area (Å²) in [6, 6.07) is 3.34. The van der Waals surface area contributed by atoms with Crippen LogP contribution in [0.4, 0.5) is 0 Å². The minimum atomic E-state index is -3.47. The lowest BCUT2D eigenvalue weighted by atomic mass is 9.85. The zero-order valence-electron chi connectivity index (χ0n) is 16.5. The number of nitrogens with zero attached hydrogens (tertiary/aromatic N) is 2. The number of aromatic nitrogens is 2. The van der Waals surface area contributed by atoms with Gasteiger partial charge in [0.2, 0.25) is 10.0 Å². The average Bonchev–Trinajstić information content (AvgIpc) is 3.45. The van der Waals surface area contributed by atoms with Crippen LogP contribution in [-0.2, 0) is 10.0 Å². The maximum absolute atomic E-state index is 13.2. The molecule has 3 heterocycles. The summed E-state index contributed by atoms with van der Waals surface area (Å²) in [6.45, 7) is 1.63. The van der Waals surface area contributed by atoms with Crippen LogP contribution in [0.25, 0.3) is 0 Å². The van der Waals surface area contributed by atoms with Crippen LogP contribution in [0.1, 0.15) is 66.9 Å². The Morgan fingerprint density at radius 2 is 2.07 bits per heavy atom. The molecule has 1 amide bonds. The highest BCUT2D eigenvalue weighted by Gasteiger charge is 2.30. The van der Waals surface area contributed by atoms with Crippen molar-refractivity contribution in [2.45, 2.75) is 55.1 Å². The van der Waals surface area contributed by atoms with Crippen molar-refractivity contribution in [3.63, 3.8) is 0 Å². The number of sulfonamides is 1. The molecule has 0 spiro atoms. The number of rotatable bonds is 6. The molecule has 1 saturated heterocycles. The Bertz CT molecular complexity index is 917. The smallest absolute Gasteiger partial charge is 0.257 e. The van der Waals surface area contributed by atoms with Crippen molar-refractivity contribution in [2.24, 2.45) is 5.92 Å². The third-order valence-corrected chi connectivity index (χ3v) is 8.86. The minimum absolute atomic E-state index is 0.0186. The molecule has 158 valence electrons. The van der Waals surface area contributed by atoms with E-state index in [9.17, 15) is 13.2 Å². The molecule has 1 saturated carbocycles. The van der Waals surface area contributed by atoms with Gasteiger partial charge in [0.25, 0.3) is 5.91 Å². The Hall–Kier alpha value is -1.71. The van der Waals surface area contributed by atoms with Gasteiger partial charge in [0.1, 0.15) is 4.21 Å². The second-order valence-corrected chi connectivity index (χ2v) is 11.0. The Kier molecular flexibility index (Phi) is 6.36. The second kappa shape index (κ2) is 8.97. The van der Waals surface area contributed by atoms with E-state index in [1.54, 1.807) is 23.7 Å². The van der Waals surface area contributed by atoms with Crippen LogP contribution in [0.15, 0.2) is 27.9 Å². The molecule has 2 aliphatic rings. The first-order valence-corrected chi connectivity index (χ1v) is 12.8. The van der Waals surface area contributed by atoms with E-state index in [0.717, 1.165) is 31.4 Å². The average molecular weight is 437 g/mol. The maximum atomic E-state index is 13.2. The highest BCUT2D eigenvalue weighted by atomic mass is 32.2. The summed E-state index contributed by atoms with van der Waals surface area (Å²) < 4.78 is 27.8. The zero-order chi connectivity index (χ0) is 20.3. The van der Waals surface area contributed by atoms with Crippen LogP contribution in [0.5, 0.6) is 0 Å². The van der Waals surface area contributed by atoms with E-state index in [-0.39, 0.29) is 11.8 Å². The SMILES string of the molecule is O=C(c1cn[nH]c1C1CCCCC1)N1CCCC(CNS(=O)(=O)c2cccs2)C1. The summed E-state index contributed by atoms with van der Waals surface area (Å²) in [5, 5.41) is 9.00. The first kappa shape index (κ1) is 20.6. The number of H-pyrrole nitrogens is 1. The summed E-state index contributed by atoms with van der Waals surface area (Å²) in [5.74, 6) is 0.529. The summed E-state index contributed by atoms with van der Waals surface area (Å²) in [4.78, 5) is 15.1. The predicted octanol–water partition coefficient (Wildman–Crippen LogP) is 3.35. The molecular weight excluding hydrogens is 408 g/mol. The van der Waals surface area contributed by atoms with E-state index in [2.05, 4.69) is 14.9 Å². The van der Waals surface area contributed by atoms with E-state index in [1.165, 1.54) is 30.6 Å². The van der Waals surface area contributed by atoms with Gasteiger partial charge in [-0.1, -0.05) is 25.3 Å². The van der Waals surface area contributed by atoms with Crippen molar-refractivity contribution in [1.82, 2.24) is 19.8 Å². The number of nitrogens with one attached hydrogen (secondary N) is 2. The van der Waals surface area contributed by atoms with Crippen molar-refractivity contribution >= 4 is 27.3 Å². The fourth-order valence-corrected chi connectivity index (χ4v) is 6.62. The number of thiophene rings is 1. The van der Waals surface area contributed by atoms with Crippen LogP contribution in [-0.4, -0.2) is 49.1 Å². The largest absolute Gasteiger partial charge is 0.338 e. The van der Waals surface area contributed by atoms with Gasteiger partial charge in [0, 0.05) is 25.6 Å². The molecule has 2 aromatic rings. The number of carbonyl (C=O) groups is 1. The van der Waals surface area contributed by atoms with E-state index in [4.69, 9.17) is 0 Å². The lowest BCUT2D eigenvalue weighted by Crippen LogP contribution is -2.43. The Morgan fingerprint density at radius 3 is 2.83 bits per heavy atom. The molecular formula is C20H28N4O3S2. The first-order chi connectivity index (χ1) is 14.0. The molecule has 4 rings (SSSR count). The van der Waals surface area contributed by atoms with E-state index in [0.29, 0.717) is 35.3 Å². The van der Waals surface area contributed by atoms with Gasteiger partial charge in [-0.3, -0.25) is 9.89 Å². The van der Waals surface area contributed by atoms with Crippen LogP contribution in [0.3, 0.4) is 0 Å². The third-order valence-electron chi connectivity index (χ3n) is 6.04. The van der Waals surface area contributed by atoms with E-state index in [1.807, 2.05) is 4.90 Å². The van der Waals surface area contributed by atoms with E-state index < -0.39 is 10.0 Å². The standard InChI is InChI=1S/C20H28N4O3S2/c25-20(17-13-21-23-19(17)16-7-2-1-3-8-16)24-10-4-6-15(14-24)12-22-29(26,27)18-9-5-11-28-18/h5,9,11,13,15-16,22H,1-4,6-8,10,12,14H2,(H,21,23). The van der Waals surface area contributed by atoms with Crippen molar-refractivity contribution < 1.29 is 13.2 Å². The zero-order valence-corrected chi connectivity index (χ0v) is 18.1. The predicted molar refractivity (Wildman–Crippen MR) is 113 cm³/mol. The van der Waals surface area contributed by atoms with Gasteiger partial charge < -0.3 is 4.90 Å². The highest BCUT2D eigenvalue weighted by Crippen LogP contribution is 2.33. The maximum Gasteiger partial charge on any atom is 0.257 e. The fraction of sp³-hybridized carbons (Fsp3) is 0.600. The molecule has 0 radical (unpaired) electrons. The van der Waals surface area contributed by atoms with Gasteiger partial charge in [-0.15, -0.1) is 11.3 Å². The summed E-state index contributed by atoms with van der Waals surface area (Å²) >= 11 is 1.21.